The molecule has 4 nitrogen and oxygen atoms in total. The number of benzene rings is 1. The van der Waals surface area contributed by atoms with Crippen molar-refractivity contribution in [1.29, 1.82) is 5.26 Å². The number of hydrogen-bond donors (Lipinski definition) is 1. The molecule has 1 aliphatic heterocycles. The van der Waals surface area contributed by atoms with Gasteiger partial charge in [-0.2, -0.15) is 5.26 Å². The fourth-order valence-corrected chi connectivity index (χ4v) is 3.51. The average Bonchev–Trinajstić information content (AvgIpc) is 2.45. The lowest BCUT2D eigenvalue weighted by Gasteiger charge is -2.37. The Morgan fingerprint density at radius 3 is 2.65 bits per heavy atom. The quantitative estimate of drug-likeness (QED) is 0.862. The Labute approximate surface area is 136 Å². The highest BCUT2D eigenvalue weighted by atomic mass is 16.5. The maximum Gasteiger partial charge on any atom is 0.205 e. The van der Waals surface area contributed by atoms with Crippen LogP contribution in [0.4, 0.5) is 0 Å². The van der Waals surface area contributed by atoms with Crippen LogP contribution >= 0.6 is 0 Å². The van der Waals surface area contributed by atoms with E-state index in [-0.39, 0.29) is 17.1 Å². The van der Waals surface area contributed by atoms with Gasteiger partial charge in [0.1, 0.15) is 17.4 Å². The zero-order valence-electron chi connectivity index (χ0n) is 13.6. The van der Waals surface area contributed by atoms with Gasteiger partial charge in [-0.05, 0) is 23.5 Å². The van der Waals surface area contributed by atoms with Crippen LogP contribution in [0.25, 0.3) is 0 Å². The van der Waals surface area contributed by atoms with Gasteiger partial charge < -0.3 is 10.5 Å². The van der Waals surface area contributed by atoms with E-state index >= 15 is 0 Å². The summed E-state index contributed by atoms with van der Waals surface area (Å²) in [6.07, 6.45) is 1.10. The van der Waals surface area contributed by atoms with Crippen molar-refractivity contribution < 1.29 is 9.53 Å². The van der Waals surface area contributed by atoms with E-state index in [1.54, 1.807) is 0 Å². The molecule has 1 aliphatic carbocycles. The Morgan fingerprint density at radius 2 is 2.00 bits per heavy atom. The number of aryl methyl sites for hydroxylation is 1. The van der Waals surface area contributed by atoms with Crippen molar-refractivity contribution in [3.8, 4) is 6.07 Å². The van der Waals surface area contributed by atoms with E-state index in [2.05, 4.69) is 6.07 Å². The van der Waals surface area contributed by atoms with Crippen molar-refractivity contribution in [3.63, 3.8) is 0 Å². The maximum absolute atomic E-state index is 12.8. The predicted molar refractivity (Wildman–Crippen MR) is 86.9 cm³/mol. The first kappa shape index (κ1) is 15.4. The number of rotatable bonds is 1. The van der Waals surface area contributed by atoms with Gasteiger partial charge in [-0.15, -0.1) is 0 Å². The summed E-state index contributed by atoms with van der Waals surface area (Å²) in [7, 11) is 0. The molecule has 23 heavy (non-hydrogen) atoms. The number of ether oxygens (including phenoxy) is 1. The topological polar surface area (TPSA) is 76.1 Å². The lowest BCUT2D eigenvalue weighted by Crippen LogP contribution is -2.33. The molecule has 0 amide bonds. The van der Waals surface area contributed by atoms with Crippen molar-refractivity contribution in [2.24, 2.45) is 11.1 Å². The summed E-state index contributed by atoms with van der Waals surface area (Å²) >= 11 is 0. The smallest absolute Gasteiger partial charge is 0.205 e. The van der Waals surface area contributed by atoms with E-state index in [4.69, 9.17) is 10.5 Å². The Morgan fingerprint density at radius 1 is 1.30 bits per heavy atom. The molecular weight excluding hydrogens is 288 g/mol. The summed E-state index contributed by atoms with van der Waals surface area (Å²) in [6.45, 7) is 6.06. The zero-order chi connectivity index (χ0) is 16.8. The highest BCUT2D eigenvalue weighted by Crippen LogP contribution is 2.48. The van der Waals surface area contributed by atoms with Crippen molar-refractivity contribution in [2.75, 3.05) is 0 Å². The molecule has 0 aromatic heterocycles. The van der Waals surface area contributed by atoms with Crippen molar-refractivity contribution in [3.05, 3.63) is 58.2 Å². The summed E-state index contributed by atoms with van der Waals surface area (Å²) < 4.78 is 5.69. The Balaban J connectivity index is 2.22. The number of hydrogen-bond acceptors (Lipinski definition) is 4. The lowest BCUT2D eigenvalue weighted by molar-refractivity contribution is -0.119. The molecule has 0 fully saturated rings. The van der Waals surface area contributed by atoms with E-state index in [0.29, 0.717) is 29.7 Å². The van der Waals surface area contributed by atoms with E-state index in [9.17, 15) is 10.1 Å². The summed E-state index contributed by atoms with van der Waals surface area (Å²) in [6, 6.07) is 9.94. The van der Waals surface area contributed by atoms with Gasteiger partial charge >= 0.3 is 0 Å². The number of ketones is 1. The Hall–Kier alpha value is -2.54. The number of nitrogens with zero attached hydrogens (tertiary/aromatic N) is 1. The number of carbonyl (C=O) groups excluding carboxylic acids is 1. The summed E-state index contributed by atoms with van der Waals surface area (Å²) in [5, 5.41) is 9.56. The molecule has 1 unspecified atom stereocenters. The van der Waals surface area contributed by atoms with Crippen molar-refractivity contribution >= 4 is 5.78 Å². The number of carbonyl (C=O) groups is 1. The molecule has 2 N–H and O–H groups in total. The second kappa shape index (κ2) is 5.27. The minimum atomic E-state index is -0.423. The van der Waals surface area contributed by atoms with E-state index in [1.807, 2.05) is 45.0 Å². The Kier molecular flexibility index (Phi) is 3.52. The molecule has 0 spiro atoms. The van der Waals surface area contributed by atoms with Crippen LogP contribution in [0.3, 0.4) is 0 Å². The van der Waals surface area contributed by atoms with Gasteiger partial charge in [0.15, 0.2) is 5.78 Å². The average molecular weight is 308 g/mol. The molecule has 118 valence electrons. The minimum absolute atomic E-state index is 0.0461. The molecule has 1 aromatic carbocycles. The largest absolute Gasteiger partial charge is 0.444 e. The monoisotopic (exact) mass is 308 g/mol. The fraction of sp³-hybridized carbons (Fsp3) is 0.368. The van der Waals surface area contributed by atoms with Crippen LogP contribution in [-0.2, 0) is 9.53 Å². The van der Waals surface area contributed by atoms with Gasteiger partial charge in [-0.1, -0.05) is 38.1 Å². The van der Waals surface area contributed by atoms with Crippen LogP contribution in [0.15, 0.2) is 47.1 Å². The predicted octanol–water partition coefficient (Wildman–Crippen LogP) is 3.45. The van der Waals surface area contributed by atoms with Gasteiger partial charge in [0.25, 0.3) is 0 Å². The van der Waals surface area contributed by atoms with Gasteiger partial charge in [-0.25, -0.2) is 0 Å². The van der Waals surface area contributed by atoms with E-state index in [1.165, 1.54) is 0 Å². The second-order valence-corrected chi connectivity index (χ2v) is 7.06. The Bertz CT molecular complexity index is 794. The summed E-state index contributed by atoms with van der Waals surface area (Å²) in [4.78, 5) is 12.8. The molecule has 0 radical (unpaired) electrons. The number of Topliss-reactive ketones (excluding diaryl/α,β-unsaturated/α-hetero) is 1. The van der Waals surface area contributed by atoms with Crippen molar-refractivity contribution in [2.45, 2.75) is 39.5 Å². The minimum Gasteiger partial charge on any atom is -0.444 e. The third kappa shape index (κ3) is 2.53. The molecule has 0 bridgehead atoms. The van der Waals surface area contributed by atoms with Gasteiger partial charge in [-0.3, -0.25) is 4.79 Å². The third-order valence-corrected chi connectivity index (χ3v) is 4.57. The first-order chi connectivity index (χ1) is 10.8. The van der Waals surface area contributed by atoms with Gasteiger partial charge in [0, 0.05) is 18.4 Å². The standard InChI is InChI=1S/C19H20N2O2/c1-11-6-4-5-7-12(11)16-13(10-20)18(21)23-15-9-19(2,3)8-14(22)17(15)16/h4-7,16H,8-9,21H2,1-3H3. The van der Waals surface area contributed by atoms with E-state index in [0.717, 1.165) is 11.1 Å². The normalized spacial score (nSPS) is 23.2. The van der Waals surface area contributed by atoms with E-state index < -0.39 is 5.92 Å². The summed E-state index contributed by atoms with van der Waals surface area (Å²) in [5.74, 6) is 0.360. The van der Waals surface area contributed by atoms with Crippen molar-refractivity contribution in [1.82, 2.24) is 0 Å². The molecule has 3 rings (SSSR count). The maximum atomic E-state index is 12.8. The van der Waals surface area contributed by atoms with Gasteiger partial charge in [0.05, 0.1) is 5.92 Å². The number of nitriles is 1. The summed E-state index contributed by atoms with van der Waals surface area (Å²) in [5.41, 5.74) is 8.74. The highest BCUT2D eigenvalue weighted by molar-refractivity contribution is 6.00. The SMILES string of the molecule is Cc1ccccc1C1C(C#N)=C(N)OC2=C1C(=O)CC(C)(C)C2. The van der Waals surface area contributed by atoms with Crippen LogP contribution in [0, 0.1) is 23.7 Å². The highest BCUT2D eigenvalue weighted by Gasteiger charge is 2.43. The van der Waals surface area contributed by atoms with Crippen LogP contribution in [-0.4, -0.2) is 5.78 Å². The fourth-order valence-electron chi connectivity index (χ4n) is 3.51. The van der Waals surface area contributed by atoms with Gasteiger partial charge in [0.2, 0.25) is 5.88 Å². The molecule has 0 saturated heterocycles. The molecule has 1 heterocycles. The first-order valence-corrected chi connectivity index (χ1v) is 7.73. The van der Waals surface area contributed by atoms with Crippen LogP contribution in [0.1, 0.15) is 43.7 Å². The van der Waals surface area contributed by atoms with Crippen LogP contribution in [0.5, 0.6) is 0 Å². The first-order valence-electron chi connectivity index (χ1n) is 7.73. The molecule has 1 aromatic rings. The number of nitrogens with two attached hydrogens (primary N) is 1. The second-order valence-electron chi connectivity index (χ2n) is 7.06. The molecule has 2 aliphatic rings. The zero-order valence-corrected chi connectivity index (χ0v) is 13.6. The van der Waals surface area contributed by atoms with Crippen LogP contribution in [0.2, 0.25) is 0 Å². The molecule has 4 heteroatoms. The lowest BCUT2D eigenvalue weighted by atomic mass is 9.70. The molecule has 0 saturated carbocycles. The third-order valence-electron chi connectivity index (χ3n) is 4.57. The number of allylic oxidation sites excluding steroid dienone is 3. The molecule has 1 atom stereocenters. The van der Waals surface area contributed by atoms with Crippen LogP contribution < -0.4 is 5.73 Å². The molecular formula is C19H20N2O2.